The molecular weight excluding hydrogens is 274 g/mol. The van der Waals surface area contributed by atoms with E-state index in [1.54, 1.807) is 12.1 Å². The van der Waals surface area contributed by atoms with Gasteiger partial charge in [-0.2, -0.15) is 0 Å². The van der Waals surface area contributed by atoms with Crippen molar-refractivity contribution in [2.24, 2.45) is 0 Å². The maximum absolute atomic E-state index is 11.2. The number of nitrogens with one attached hydrogen (secondary N) is 1. The predicted octanol–water partition coefficient (Wildman–Crippen LogP) is 3.75. The Labute approximate surface area is 123 Å². The summed E-state index contributed by atoms with van der Waals surface area (Å²) >= 11 is 5.46. The largest absolute Gasteiger partial charge is 0.489 e. The summed E-state index contributed by atoms with van der Waals surface area (Å²) in [6, 6.07) is 15.3. The third-order valence-electron chi connectivity index (χ3n) is 2.89. The smallest absolute Gasteiger partial charge is 0.239 e. The summed E-state index contributed by atoms with van der Waals surface area (Å²) in [6.45, 7) is 2.55. The van der Waals surface area contributed by atoms with Gasteiger partial charge in [-0.05, 0) is 30.2 Å². The standard InChI is InChI=1S/C16H16ClNO2/c1-12-5-2-3-6-13(12)11-20-15-8-4-7-14(9-15)18-16(19)10-17/h2-9H,10-11H2,1H3,(H,18,19). The van der Waals surface area contributed by atoms with Crippen LogP contribution in [0.5, 0.6) is 5.75 Å². The van der Waals surface area contributed by atoms with E-state index in [9.17, 15) is 4.79 Å². The molecule has 3 nitrogen and oxygen atoms in total. The molecule has 0 radical (unpaired) electrons. The molecule has 0 saturated carbocycles. The van der Waals surface area contributed by atoms with Crippen LogP contribution < -0.4 is 10.1 Å². The molecule has 0 aliphatic carbocycles. The third kappa shape index (κ3) is 4.00. The fraction of sp³-hybridized carbons (Fsp3) is 0.188. The molecule has 0 bridgehead atoms. The first kappa shape index (κ1) is 14.4. The number of alkyl halides is 1. The van der Waals surface area contributed by atoms with Crippen LogP contribution in [0.3, 0.4) is 0 Å². The predicted molar refractivity (Wildman–Crippen MR) is 81.3 cm³/mol. The highest BCUT2D eigenvalue weighted by atomic mass is 35.5. The van der Waals surface area contributed by atoms with Crippen LogP contribution in [-0.2, 0) is 11.4 Å². The first-order valence-corrected chi connectivity index (χ1v) is 6.85. The van der Waals surface area contributed by atoms with Crippen LogP contribution in [0.1, 0.15) is 11.1 Å². The van der Waals surface area contributed by atoms with Gasteiger partial charge in [-0.25, -0.2) is 0 Å². The van der Waals surface area contributed by atoms with E-state index in [0.29, 0.717) is 18.0 Å². The molecule has 0 unspecified atom stereocenters. The van der Waals surface area contributed by atoms with Gasteiger partial charge in [0.05, 0.1) is 0 Å². The summed E-state index contributed by atoms with van der Waals surface area (Å²) < 4.78 is 5.74. The van der Waals surface area contributed by atoms with Crippen molar-refractivity contribution in [2.45, 2.75) is 13.5 Å². The lowest BCUT2D eigenvalue weighted by molar-refractivity contribution is -0.113. The molecule has 1 amide bonds. The van der Waals surface area contributed by atoms with Crippen molar-refractivity contribution in [3.8, 4) is 5.75 Å². The molecule has 2 aromatic carbocycles. The van der Waals surface area contributed by atoms with Crippen LogP contribution in [0.2, 0.25) is 0 Å². The number of hydrogen-bond donors (Lipinski definition) is 1. The van der Waals surface area contributed by atoms with Gasteiger partial charge in [0.15, 0.2) is 0 Å². The number of anilines is 1. The average molecular weight is 290 g/mol. The van der Waals surface area contributed by atoms with Crippen LogP contribution in [-0.4, -0.2) is 11.8 Å². The molecule has 0 aliphatic rings. The molecule has 0 saturated heterocycles. The number of amides is 1. The molecule has 4 heteroatoms. The number of benzene rings is 2. The van der Waals surface area contributed by atoms with Gasteiger partial charge < -0.3 is 10.1 Å². The second-order valence-corrected chi connectivity index (χ2v) is 4.69. The monoisotopic (exact) mass is 289 g/mol. The fourth-order valence-corrected chi connectivity index (χ4v) is 1.86. The first-order chi connectivity index (χ1) is 9.69. The highest BCUT2D eigenvalue weighted by Gasteiger charge is 2.03. The van der Waals surface area contributed by atoms with Crippen LogP contribution >= 0.6 is 11.6 Å². The Hall–Kier alpha value is -2.00. The second-order valence-electron chi connectivity index (χ2n) is 4.42. The molecule has 2 rings (SSSR count). The molecule has 2 aromatic rings. The molecule has 20 heavy (non-hydrogen) atoms. The molecule has 0 spiro atoms. The van der Waals surface area contributed by atoms with Gasteiger partial charge in [-0.1, -0.05) is 30.3 Å². The maximum Gasteiger partial charge on any atom is 0.239 e. The highest BCUT2D eigenvalue weighted by molar-refractivity contribution is 6.29. The van der Waals surface area contributed by atoms with Gasteiger partial charge in [0, 0.05) is 11.8 Å². The quantitative estimate of drug-likeness (QED) is 0.851. The van der Waals surface area contributed by atoms with Gasteiger partial charge in [-0.3, -0.25) is 4.79 Å². The lowest BCUT2D eigenvalue weighted by Crippen LogP contribution is -2.12. The first-order valence-electron chi connectivity index (χ1n) is 6.32. The molecule has 1 N–H and O–H groups in total. The van der Waals surface area contributed by atoms with Crippen molar-refractivity contribution in [1.29, 1.82) is 0 Å². The van der Waals surface area contributed by atoms with E-state index in [-0.39, 0.29) is 11.8 Å². The van der Waals surface area contributed by atoms with Crippen molar-refractivity contribution >= 4 is 23.2 Å². The minimum atomic E-state index is -0.234. The van der Waals surface area contributed by atoms with Crippen molar-refractivity contribution < 1.29 is 9.53 Å². The molecule has 0 atom stereocenters. The van der Waals surface area contributed by atoms with E-state index in [0.717, 1.165) is 5.56 Å². The molecule has 0 aromatic heterocycles. The van der Waals surface area contributed by atoms with E-state index >= 15 is 0 Å². The summed E-state index contributed by atoms with van der Waals surface area (Å²) in [5.41, 5.74) is 3.01. The number of carbonyl (C=O) groups excluding carboxylic acids is 1. The van der Waals surface area contributed by atoms with Gasteiger partial charge in [-0.15, -0.1) is 11.6 Å². The molecule has 0 fully saturated rings. The normalized spacial score (nSPS) is 10.1. The van der Waals surface area contributed by atoms with Gasteiger partial charge in [0.25, 0.3) is 0 Å². The van der Waals surface area contributed by atoms with Crippen LogP contribution in [0, 0.1) is 6.92 Å². The maximum atomic E-state index is 11.2. The Morgan fingerprint density at radius 3 is 2.75 bits per heavy atom. The minimum Gasteiger partial charge on any atom is -0.489 e. The van der Waals surface area contributed by atoms with Crippen molar-refractivity contribution in [2.75, 3.05) is 11.2 Å². The van der Waals surface area contributed by atoms with Gasteiger partial charge >= 0.3 is 0 Å². The van der Waals surface area contributed by atoms with Crippen molar-refractivity contribution in [3.63, 3.8) is 0 Å². The summed E-state index contributed by atoms with van der Waals surface area (Å²) in [5.74, 6) is 0.414. The van der Waals surface area contributed by atoms with Crippen LogP contribution in [0.25, 0.3) is 0 Å². The highest BCUT2D eigenvalue weighted by Crippen LogP contribution is 2.19. The summed E-state index contributed by atoms with van der Waals surface area (Å²) in [5, 5.41) is 2.69. The summed E-state index contributed by atoms with van der Waals surface area (Å²) in [7, 11) is 0. The van der Waals surface area contributed by atoms with Crippen LogP contribution in [0.4, 0.5) is 5.69 Å². The van der Waals surface area contributed by atoms with Gasteiger partial charge in [0.2, 0.25) is 5.91 Å². The van der Waals surface area contributed by atoms with Crippen LogP contribution in [0.15, 0.2) is 48.5 Å². The number of halogens is 1. The number of ether oxygens (including phenoxy) is 1. The second kappa shape index (κ2) is 6.96. The fourth-order valence-electron chi connectivity index (χ4n) is 1.79. The Balaban J connectivity index is 2.01. The Bertz CT molecular complexity index is 599. The Morgan fingerprint density at radius 2 is 2.00 bits per heavy atom. The van der Waals surface area contributed by atoms with E-state index in [2.05, 4.69) is 18.3 Å². The third-order valence-corrected chi connectivity index (χ3v) is 3.14. The SMILES string of the molecule is Cc1ccccc1COc1cccc(NC(=O)CCl)c1. The zero-order valence-electron chi connectivity index (χ0n) is 11.2. The molecular formula is C16H16ClNO2. The van der Waals surface area contributed by atoms with Crippen molar-refractivity contribution in [1.82, 2.24) is 0 Å². The zero-order valence-corrected chi connectivity index (χ0v) is 12.0. The number of aryl methyl sites for hydroxylation is 1. The Morgan fingerprint density at radius 1 is 1.20 bits per heavy atom. The lowest BCUT2D eigenvalue weighted by atomic mass is 10.1. The number of carbonyl (C=O) groups is 1. The van der Waals surface area contributed by atoms with E-state index in [4.69, 9.17) is 16.3 Å². The lowest BCUT2D eigenvalue weighted by Gasteiger charge is -2.10. The van der Waals surface area contributed by atoms with E-state index < -0.39 is 0 Å². The topological polar surface area (TPSA) is 38.3 Å². The van der Waals surface area contributed by atoms with E-state index in [1.807, 2.05) is 30.3 Å². The molecule has 0 aliphatic heterocycles. The minimum absolute atomic E-state index is 0.0612. The number of hydrogen-bond acceptors (Lipinski definition) is 2. The summed E-state index contributed by atoms with van der Waals surface area (Å²) in [6.07, 6.45) is 0. The summed E-state index contributed by atoms with van der Waals surface area (Å²) in [4.78, 5) is 11.2. The zero-order chi connectivity index (χ0) is 14.4. The Kier molecular flexibility index (Phi) is 5.02. The number of rotatable bonds is 5. The van der Waals surface area contributed by atoms with Crippen molar-refractivity contribution in [3.05, 3.63) is 59.7 Å². The average Bonchev–Trinajstić information content (AvgIpc) is 2.47. The molecule has 0 heterocycles. The van der Waals surface area contributed by atoms with Gasteiger partial charge in [0.1, 0.15) is 18.2 Å². The van der Waals surface area contributed by atoms with E-state index in [1.165, 1.54) is 5.56 Å². The molecule has 104 valence electrons.